The predicted octanol–water partition coefficient (Wildman–Crippen LogP) is 13.3. The summed E-state index contributed by atoms with van der Waals surface area (Å²) < 4.78 is 2.33. The number of aromatic nitrogens is 6. The summed E-state index contributed by atoms with van der Waals surface area (Å²) in [6.45, 7) is 0. The lowest BCUT2D eigenvalue weighted by atomic mass is 10.0. The molecule has 0 saturated heterocycles. The third-order valence-electron chi connectivity index (χ3n) is 11.3. The summed E-state index contributed by atoms with van der Waals surface area (Å²) in [5.41, 5.74) is 12.7. The molecule has 0 spiro atoms. The maximum Gasteiger partial charge on any atom is 0.164 e. The van der Waals surface area contributed by atoms with Crippen LogP contribution in [0.2, 0.25) is 0 Å². The Hall–Kier alpha value is -8.86. The van der Waals surface area contributed by atoms with E-state index in [1.807, 2.05) is 133 Å². The molecular formula is C56H35N7. The predicted molar refractivity (Wildman–Crippen MR) is 253 cm³/mol. The monoisotopic (exact) mass is 805 g/mol. The van der Waals surface area contributed by atoms with Crippen molar-refractivity contribution in [3.63, 3.8) is 0 Å². The van der Waals surface area contributed by atoms with E-state index in [9.17, 15) is 5.26 Å². The Morgan fingerprint density at radius 1 is 0.333 bits per heavy atom. The third kappa shape index (κ3) is 7.08. The molecule has 8 aromatic carbocycles. The first-order valence-electron chi connectivity index (χ1n) is 20.7. The molecule has 294 valence electrons. The Labute approximate surface area is 364 Å². The first kappa shape index (κ1) is 37.2. The number of hydrogen-bond acceptors (Lipinski definition) is 6. The average Bonchev–Trinajstić information content (AvgIpc) is 3.70. The van der Waals surface area contributed by atoms with E-state index < -0.39 is 0 Å². The van der Waals surface area contributed by atoms with Crippen LogP contribution in [0.5, 0.6) is 0 Å². The van der Waals surface area contributed by atoms with E-state index >= 15 is 0 Å². The van der Waals surface area contributed by atoms with E-state index in [0.717, 1.165) is 83.4 Å². The molecule has 0 radical (unpaired) electrons. The van der Waals surface area contributed by atoms with Gasteiger partial charge in [-0.15, -0.1) is 0 Å². The smallest absolute Gasteiger partial charge is 0.164 e. The van der Waals surface area contributed by atoms with Gasteiger partial charge < -0.3 is 4.57 Å². The summed E-state index contributed by atoms with van der Waals surface area (Å²) >= 11 is 0. The van der Waals surface area contributed by atoms with Gasteiger partial charge in [0.25, 0.3) is 0 Å². The van der Waals surface area contributed by atoms with E-state index in [-0.39, 0.29) is 0 Å². The van der Waals surface area contributed by atoms with Gasteiger partial charge in [-0.1, -0.05) is 158 Å². The number of hydrogen-bond donors (Lipinski definition) is 0. The Kier molecular flexibility index (Phi) is 9.41. The highest BCUT2D eigenvalue weighted by atomic mass is 15.0. The Morgan fingerprint density at radius 3 is 1.41 bits per heavy atom. The SMILES string of the molecule is N#Cc1ccc(-c2ccc3c(c2)c2ccccc2n3-c2ccc(-c3nc(-c4ccccc4)nc(-c4ccccc4)n3)cc2-c2cc(-c3ccccc3)nc(-c3ccccc3)n2)cc1. The van der Waals surface area contributed by atoms with Gasteiger partial charge in [-0.05, 0) is 65.7 Å². The molecule has 63 heavy (non-hydrogen) atoms. The van der Waals surface area contributed by atoms with Crippen LogP contribution >= 0.6 is 0 Å². The van der Waals surface area contributed by atoms with Crippen molar-refractivity contribution in [2.45, 2.75) is 0 Å². The minimum absolute atomic E-state index is 0.547. The quantitative estimate of drug-likeness (QED) is 0.152. The topological polar surface area (TPSA) is 93.2 Å². The van der Waals surface area contributed by atoms with Gasteiger partial charge >= 0.3 is 0 Å². The molecule has 3 heterocycles. The van der Waals surface area contributed by atoms with Gasteiger partial charge in [0, 0.05) is 44.2 Å². The van der Waals surface area contributed by atoms with Crippen LogP contribution in [0.4, 0.5) is 0 Å². The van der Waals surface area contributed by atoms with Crippen LogP contribution in [-0.2, 0) is 0 Å². The van der Waals surface area contributed by atoms with Crippen molar-refractivity contribution in [2.24, 2.45) is 0 Å². The van der Waals surface area contributed by atoms with E-state index in [0.29, 0.717) is 28.9 Å². The highest BCUT2D eigenvalue weighted by Gasteiger charge is 2.21. The summed E-state index contributed by atoms with van der Waals surface area (Å²) in [5, 5.41) is 11.7. The van der Waals surface area contributed by atoms with E-state index in [4.69, 9.17) is 24.9 Å². The van der Waals surface area contributed by atoms with Crippen molar-refractivity contribution in [3.05, 3.63) is 218 Å². The first-order chi connectivity index (χ1) is 31.2. The van der Waals surface area contributed by atoms with Gasteiger partial charge in [0.2, 0.25) is 0 Å². The van der Waals surface area contributed by atoms with Gasteiger partial charge in [0.05, 0.1) is 39.7 Å². The molecule has 0 aliphatic carbocycles. The molecule has 0 N–H and O–H groups in total. The van der Waals surface area contributed by atoms with Gasteiger partial charge in [0.15, 0.2) is 23.3 Å². The zero-order valence-corrected chi connectivity index (χ0v) is 33.8. The highest BCUT2D eigenvalue weighted by molar-refractivity contribution is 6.11. The second-order valence-corrected chi connectivity index (χ2v) is 15.2. The number of nitrogens with zero attached hydrogens (tertiary/aromatic N) is 7. The lowest BCUT2D eigenvalue weighted by molar-refractivity contribution is 1.07. The maximum absolute atomic E-state index is 9.45. The Bertz CT molecular complexity index is 3370. The van der Waals surface area contributed by atoms with E-state index in [1.165, 1.54) is 0 Å². The summed E-state index contributed by atoms with van der Waals surface area (Å²) in [7, 11) is 0. The minimum Gasteiger partial charge on any atom is -0.309 e. The number of para-hydroxylation sites is 1. The average molecular weight is 806 g/mol. The van der Waals surface area contributed by atoms with Crippen LogP contribution in [0.15, 0.2) is 212 Å². The van der Waals surface area contributed by atoms with Gasteiger partial charge in [0.1, 0.15) is 0 Å². The van der Waals surface area contributed by atoms with Gasteiger partial charge in [-0.25, -0.2) is 24.9 Å². The number of nitriles is 1. The lowest BCUT2D eigenvalue weighted by Gasteiger charge is -2.17. The second-order valence-electron chi connectivity index (χ2n) is 15.2. The van der Waals surface area contributed by atoms with Crippen molar-refractivity contribution in [2.75, 3.05) is 0 Å². The molecule has 0 saturated carbocycles. The second kappa shape index (κ2) is 16.0. The van der Waals surface area contributed by atoms with Crippen LogP contribution in [0, 0.1) is 11.3 Å². The van der Waals surface area contributed by atoms with Gasteiger partial charge in [-0.2, -0.15) is 5.26 Å². The molecule has 11 rings (SSSR count). The van der Waals surface area contributed by atoms with Crippen molar-refractivity contribution >= 4 is 21.8 Å². The van der Waals surface area contributed by atoms with Crippen LogP contribution in [0.3, 0.4) is 0 Å². The molecule has 3 aromatic heterocycles. The van der Waals surface area contributed by atoms with Crippen LogP contribution in [-0.4, -0.2) is 29.5 Å². The molecule has 0 bridgehead atoms. The largest absolute Gasteiger partial charge is 0.309 e. The Morgan fingerprint density at radius 2 is 0.810 bits per heavy atom. The first-order valence-corrected chi connectivity index (χ1v) is 20.7. The molecule has 7 nitrogen and oxygen atoms in total. The molecular weight excluding hydrogens is 771 g/mol. The molecule has 0 unspecified atom stereocenters. The fourth-order valence-corrected chi connectivity index (χ4v) is 8.22. The summed E-state index contributed by atoms with van der Waals surface area (Å²) in [4.78, 5) is 25.7. The van der Waals surface area contributed by atoms with Crippen LogP contribution in [0.1, 0.15) is 5.56 Å². The standard InChI is InChI=1S/C56H35N7/c57-36-37-25-27-38(28-26-37)43-29-31-51-46(33-43)45-23-13-14-24-50(45)63(51)52-32-30-44(56-61-54(41-19-9-3-10-20-41)60-55(62-56)42-21-11-4-12-22-42)34-47(52)49-35-48(39-15-5-1-6-16-39)58-53(59-49)40-17-7-2-8-18-40/h1-35H. The summed E-state index contributed by atoms with van der Waals surface area (Å²) in [6.07, 6.45) is 0. The molecule has 7 heteroatoms. The van der Waals surface area contributed by atoms with E-state index in [2.05, 4.69) is 89.5 Å². The molecule has 0 aliphatic heterocycles. The molecule has 11 aromatic rings. The number of fused-ring (bicyclic) bond motifs is 3. The third-order valence-corrected chi connectivity index (χ3v) is 11.3. The normalized spacial score (nSPS) is 11.2. The van der Waals surface area contributed by atoms with Crippen molar-refractivity contribution in [1.82, 2.24) is 29.5 Å². The van der Waals surface area contributed by atoms with Crippen molar-refractivity contribution < 1.29 is 0 Å². The number of benzene rings is 8. The molecule has 0 aliphatic rings. The molecule has 0 amide bonds. The van der Waals surface area contributed by atoms with E-state index in [1.54, 1.807) is 0 Å². The summed E-state index contributed by atoms with van der Waals surface area (Å²) in [5.74, 6) is 2.34. The lowest BCUT2D eigenvalue weighted by Crippen LogP contribution is -2.03. The van der Waals surface area contributed by atoms with Crippen LogP contribution in [0.25, 0.3) is 107 Å². The molecule has 0 atom stereocenters. The zero-order chi connectivity index (χ0) is 42.1. The van der Waals surface area contributed by atoms with Crippen molar-refractivity contribution in [1.29, 1.82) is 5.26 Å². The maximum atomic E-state index is 9.45. The van der Waals surface area contributed by atoms with Crippen LogP contribution < -0.4 is 0 Å². The molecule has 0 fully saturated rings. The van der Waals surface area contributed by atoms with Gasteiger partial charge in [-0.3, -0.25) is 0 Å². The van der Waals surface area contributed by atoms with Crippen molar-refractivity contribution in [3.8, 4) is 90.9 Å². The zero-order valence-electron chi connectivity index (χ0n) is 33.8. The fraction of sp³-hybridized carbons (Fsp3) is 0. The highest BCUT2D eigenvalue weighted by Crippen LogP contribution is 2.40. The summed E-state index contributed by atoms with van der Waals surface area (Å²) in [6, 6.07) is 74.0. The number of rotatable bonds is 8. The Balaban J connectivity index is 1.18. The minimum atomic E-state index is 0.547. The fourth-order valence-electron chi connectivity index (χ4n) is 8.22.